The zero-order valence-corrected chi connectivity index (χ0v) is 8.93. The van der Waals surface area contributed by atoms with Gasteiger partial charge in [0.15, 0.2) is 0 Å². The van der Waals surface area contributed by atoms with Crippen molar-refractivity contribution in [2.75, 3.05) is 32.2 Å². The maximum Gasteiger partial charge on any atom is 0.335 e. The highest BCUT2D eigenvalue weighted by molar-refractivity contribution is 5.88. The van der Waals surface area contributed by atoms with Crippen molar-refractivity contribution in [3.05, 3.63) is 29.8 Å². The Kier molecular flexibility index (Phi) is 4.12. The van der Waals surface area contributed by atoms with Crippen LogP contribution >= 0.6 is 0 Å². The van der Waals surface area contributed by atoms with Crippen LogP contribution in [0, 0.1) is 0 Å². The Balaban J connectivity index is 2.66. The highest BCUT2D eigenvalue weighted by Crippen LogP contribution is 2.13. The van der Waals surface area contributed by atoms with E-state index in [0.29, 0.717) is 12.2 Å². The second-order valence-corrected chi connectivity index (χ2v) is 3.27. The highest BCUT2D eigenvalue weighted by atomic mass is 16.5. The Morgan fingerprint density at radius 2 is 2.00 bits per heavy atom. The summed E-state index contributed by atoms with van der Waals surface area (Å²) in [6, 6.07) is 6.78. The normalized spacial score (nSPS) is 10.0. The SMILES string of the molecule is COCCN(C)c1ccc(C(=O)O)cc1. The van der Waals surface area contributed by atoms with Gasteiger partial charge in [0.2, 0.25) is 0 Å². The standard InChI is InChI=1S/C11H15NO3/c1-12(7-8-15-2)10-5-3-9(4-6-10)11(13)14/h3-6H,7-8H2,1-2H3,(H,13,14). The number of carbonyl (C=O) groups is 1. The summed E-state index contributed by atoms with van der Waals surface area (Å²) in [6.45, 7) is 1.43. The molecule has 0 aliphatic rings. The summed E-state index contributed by atoms with van der Waals surface area (Å²) in [5.41, 5.74) is 1.29. The number of carboxylic acids is 1. The van der Waals surface area contributed by atoms with E-state index in [1.54, 1.807) is 31.4 Å². The molecule has 0 unspecified atom stereocenters. The summed E-state index contributed by atoms with van der Waals surface area (Å²) in [5, 5.41) is 8.72. The van der Waals surface area contributed by atoms with Crippen LogP contribution in [0.2, 0.25) is 0 Å². The summed E-state index contributed by atoms with van der Waals surface area (Å²) in [5.74, 6) is -0.902. The van der Waals surface area contributed by atoms with Crippen LogP contribution in [-0.4, -0.2) is 38.4 Å². The van der Waals surface area contributed by atoms with Crippen molar-refractivity contribution in [1.29, 1.82) is 0 Å². The number of methoxy groups -OCH3 is 1. The fourth-order valence-electron chi connectivity index (χ4n) is 1.22. The molecule has 1 N–H and O–H groups in total. The van der Waals surface area contributed by atoms with Gasteiger partial charge in [-0.25, -0.2) is 4.79 Å². The summed E-state index contributed by atoms with van der Waals surface area (Å²) in [6.07, 6.45) is 0. The van der Waals surface area contributed by atoms with Crippen LogP contribution in [0.25, 0.3) is 0 Å². The maximum atomic E-state index is 10.6. The molecule has 4 heteroatoms. The number of anilines is 1. The number of aromatic carboxylic acids is 1. The van der Waals surface area contributed by atoms with Gasteiger partial charge in [-0.15, -0.1) is 0 Å². The van der Waals surface area contributed by atoms with Crippen LogP contribution in [0.5, 0.6) is 0 Å². The molecule has 15 heavy (non-hydrogen) atoms. The highest BCUT2D eigenvalue weighted by Gasteiger charge is 2.04. The predicted octanol–water partition coefficient (Wildman–Crippen LogP) is 1.47. The van der Waals surface area contributed by atoms with Gasteiger partial charge in [-0.1, -0.05) is 0 Å². The van der Waals surface area contributed by atoms with Crippen molar-refractivity contribution in [2.45, 2.75) is 0 Å². The number of ether oxygens (including phenoxy) is 1. The molecule has 0 fully saturated rings. The van der Waals surface area contributed by atoms with E-state index in [1.807, 2.05) is 11.9 Å². The quantitative estimate of drug-likeness (QED) is 0.797. The summed E-state index contributed by atoms with van der Waals surface area (Å²) >= 11 is 0. The topological polar surface area (TPSA) is 49.8 Å². The average Bonchev–Trinajstić information content (AvgIpc) is 2.26. The first-order chi connectivity index (χ1) is 7.15. The molecule has 0 atom stereocenters. The third-order valence-electron chi connectivity index (χ3n) is 2.19. The van der Waals surface area contributed by atoms with Crippen LogP contribution in [0.3, 0.4) is 0 Å². The third kappa shape index (κ3) is 3.25. The Labute approximate surface area is 89.1 Å². The lowest BCUT2D eigenvalue weighted by atomic mass is 10.2. The number of carboxylic acid groups (broad SMARTS) is 1. The van der Waals surface area contributed by atoms with Gasteiger partial charge in [0.1, 0.15) is 0 Å². The van der Waals surface area contributed by atoms with E-state index >= 15 is 0 Å². The molecular formula is C11H15NO3. The Morgan fingerprint density at radius 3 is 2.47 bits per heavy atom. The number of hydrogen-bond acceptors (Lipinski definition) is 3. The van der Waals surface area contributed by atoms with Gasteiger partial charge in [0.05, 0.1) is 12.2 Å². The van der Waals surface area contributed by atoms with Crippen molar-refractivity contribution in [1.82, 2.24) is 0 Å². The molecule has 0 radical (unpaired) electrons. The lowest BCUT2D eigenvalue weighted by molar-refractivity contribution is 0.0697. The lowest BCUT2D eigenvalue weighted by Crippen LogP contribution is -2.21. The molecule has 4 nitrogen and oxygen atoms in total. The minimum absolute atomic E-state index is 0.305. The Morgan fingerprint density at radius 1 is 1.40 bits per heavy atom. The first-order valence-electron chi connectivity index (χ1n) is 4.68. The molecule has 0 bridgehead atoms. The molecule has 0 spiro atoms. The maximum absolute atomic E-state index is 10.6. The van der Waals surface area contributed by atoms with Gasteiger partial charge in [0, 0.05) is 26.4 Å². The third-order valence-corrected chi connectivity index (χ3v) is 2.19. The second kappa shape index (κ2) is 5.36. The minimum atomic E-state index is -0.902. The Hall–Kier alpha value is -1.55. The van der Waals surface area contributed by atoms with Crippen molar-refractivity contribution >= 4 is 11.7 Å². The Bertz CT molecular complexity index is 321. The van der Waals surface area contributed by atoms with E-state index < -0.39 is 5.97 Å². The number of rotatable bonds is 5. The van der Waals surface area contributed by atoms with Gasteiger partial charge in [-0.05, 0) is 24.3 Å². The minimum Gasteiger partial charge on any atom is -0.478 e. The zero-order valence-electron chi connectivity index (χ0n) is 8.93. The van der Waals surface area contributed by atoms with Crippen molar-refractivity contribution in [3.63, 3.8) is 0 Å². The molecular weight excluding hydrogens is 194 g/mol. The smallest absolute Gasteiger partial charge is 0.335 e. The van der Waals surface area contributed by atoms with E-state index in [0.717, 1.165) is 12.2 Å². The van der Waals surface area contributed by atoms with E-state index in [2.05, 4.69) is 0 Å². The van der Waals surface area contributed by atoms with Crippen molar-refractivity contribution in [2.24, 2.45) is 0 Å². The molecule has 0 aliphatic carbocycles. The first-order valence-corrected chi connectivity index (χ1v) is 4.68. The van der Waals surface area contributed by atoms with Crippen LogP contribution < -0.4 is 4.90 Å². The largest absolute Gasteiger partial charge is 0.478 e. The van der Waals surface area contributed by atoms with E-state index in [4.69, 9.17) is 9.84 Å². The molecule has 82 valence electrons. The van der Waals surface area contributed by atoms with E-state index in [9.17, 15) is 4.79 Å². The van der Waals surface area contributed by atoms with Gasteiger partial charge < -0.3 is 14.7 Å². The molecule has 0 saturated heterocycles. The molecule has 0 saturated carbocycles. The fraction of sp³-hybridized carbons (Fsp3) is 0.364. The van der Waals surface area contributed by atoms with Gasteiger partial charge in [-0.2, -0.15) is 0 Å². The number of hydrogen-bond donors (Lipinski definition) is 1. The first kappa shape index (κ1) is 11.5. The number of likely N-dealkylation sites (N-methyl/N-ethyl adjacent to an activating group) is 1. The predicted molar refractivity (Wildman–Crippen MR) is 58.5 cm³/mol. The van der Waals surface area contributed by atoms with Crippen molar-refractivity contribution < 1.29 is 14.6 Å². The van der Waals surface area contributed by atoms with Crippen LogP contribution in [0.4, 0.5) is 5.69 Å². The van der Waals surface area contributed by atoms with Gasteiger partial charge in [-0.3, -0.25) is 0 Å². The molecule has 0 aromatic heterocycles. The summed E-state index contributed by atoms with van der Waals surface area (Å²) < 4.78 is 4.96. The second-order valence-electron chi connectivity index (χ2n) is 3.27. The molecule has 0 heterocycles. The van der Waals surface area contributed by atoms with Gasteiger partial charge >= 0.3 is 5.97 Å². The van der Waals surface area contributed by atoms with E-state index in [1.165, 1.54) is 0 Å². The molecule has 1 aromatic carbocycles. The van der Waals surface area contributed by atoms with Crippen molar-refractivity contribution in [3.8, 4) is 0 Å². The monoisotopic (exact) mass is 209 g/mol. The molecule has 1 rings (SSSR count). The fourth-order valence-corrected chi connectivity index (χ4v) is 1.22. The number of nitrogens with zero attached hydrogens (tertiary/aromatic N) is 1. The zero-order chi connectivity index (χ0) is 11.3. The summed E-state index contributed by atoms with van der Waals surface area (Å²) in [4.78, 5) is 12.6. The van der Waals surface area contributed by atoms with Crippen LogP contribution in [-0.2, 0) is 4.74 Å². The van der Waals surface area contributed by atoms with E-state index in [-0.39, 0.29) is 0 Å². The number of benzene rings is 1. The lowest BCUT2D eigenvalue weighted by Gasteiger charge is -2.18. The summed E-state index contributed by atoms with van der Waals surface area (Å²) in [7, 11) is 3.59. The van der Waals surface area contributed by atoms with Gasteiger partial charge in [0.25, 0.3) is 0 Å². The molecule has 0 amide bonds. The molecule has 1 aromatic rings. The average molecular weight is 209 g/mol. The van der Waals surface area contributed by atoms with Crippen LogP contribution in [0.15, 0.2) is 24.3 Å². The molecule has 0 aliphatic heterocycles. The van der Waals surface area contributed by atoms with Crippen LogP contribution in [0.1, 0.15) is 10.4 Å².